The highest BCUT2D eigenvalue weighted by Crippen LogP contribution is 2.23. The minimum Gasteiger partial charge on any atom is -0.207 e. The van der Waals surface area contributed by atoms with Crippen LogP contribution in [0.4, 0.5) is 26.3 Å². The van der Waals surface area contributed by atoms with Crippen LogP contribution in [0.15, 0.2) is 60.7 Å². The summed E-state index contributed by atoms with van der Waals surface area (Å²) in [4.78, 5) is 0. The third kappa shape index (κ3) is 3.35. The van der Waals surface area contributed by atoms with E-state index in [1.807, 2.05) is 0 Å². The van der Waals surface area contributed by atoms with Gasteiger partial charge in [-0.15, -0.1) is 0 Å². The molecule has 26 heavy (non-hydrogen) atoms. The number of benzene rings is 4. The van der Waals surface area contributed by atoms with Crippen molar-refractivity contribution in [3.05, 3.63) is 95.6 Å². The van der Waals surface area contributed by atoms with Crippen molar-refractivity contribution < 1.29 is 26.3 Å². The lowest BCUT2D eigenvalue weighted by atomic mass is 10.1. The average Bonchev–Trinajstić information content (AvgIpc) is 2.60. The average molecular weight is 364 g/mol. The van der Waals surface area contributed by atoms with Crippen LogP contribution in [0.1, 0.15) is 0 Å². The summed E-state index contributed by atoms with van der Waals surface area (Å²) in [6, 6.07) is 12.1. The fourth-order valence-electron chi connectivity index (χ4n) is 2.54. The molecule has 0 unspecified atom stereocenters. The second kappa shape index (κ2) is 7.07. The lowest BCUT2D eigenvalue weighted by Gasteiger charge is -2.00. The second-order valence-corrected chi connectivity index (χ2v) is 5.42. The highest BCUT2D eigenvalue weighted by molar-refractivity contribution is 5.84. The van der Waals surface area contributed by atoms with Crippen LogP contribution >= 0.6 is 0 Å². The van der Waals surface area contributed by atoms with Gasteiger partial charge in [-0.1, -0.05) is 30.3 Å². The van der Waals surface area contributed by atoms with Crippen molar-refractivity contribution in [2.24, 2.45) is 0 Å². The van der Waals surface area contributed by atoms with Crippen LogP contribution in [0.5, 0.6) is 0 Å². The molecule has 0 fully saturated rings. The second-order valence-electron chi connectivity index (χ2n) is 5.42. The van der Waals surface area contributed by atoms with E-state index in [0.717, 1.165) is 24.3 Å². The molecule has 132 valence electrons. The van der Waals surface area contributed by atoms with Gasteiger partial charge in [0, 0.05) is 16.8 Å². The van der Waals surface area contributed by atoms with Gasteiger partial charge in [-0.3, -0.25) is 0 Å². The summed E-state index contributed by atoms with van der Waals surface area (Å²) in [5.41, 5.74) is 0. The smallest absolute Gasteiger partial charge is 0.169 e. The molecule has 4 rings (SSSR count). The number of fused-ring (bicyclic) bond motifs is 2. The Morgan fingerprint density at radius 3 is 1.96 bits per heavy atom. The zero-order valence-electron chi connectivity index (χ0n) is 13.0. The summed E-state index contributed by atoms with van der Waals surface area (Å²) in [6.07, 6.45) is 0. The minimum absolute atomic E-state index is 0.0278. The molecule has 0 saturated carbocycles. The van der Waals surface area contributed by atoms with E-state index in [1.165, 1.54) is 36.4 Å². The molecule has 0 spiro atoms. The molecule has 0 saturated heterocycles. The van der Waals surface area contributed by atoms with Gasteiger partial charge in [-0.2, -0.15) is 0 Å². The maximum atomic E-state index is 13.0. The zero-order chi connectivity index (χ0) is 18.8. The van der Waals surface area contributed by atoms with Crippen molar-refractivity contribution >= 4 is 21.5 Å². The van der Waals surface area contributed by atoms with Crippen LogP contribution in [0.25, 0.3) is 21.5 Å². The number of halogens is 6. The Morgan fingerprint density at radius 2 is 1.19 bits per heavy atom. The molecule has 0 atom stereocenters. The first-order valence-corrected chi connectivity index (χ1v) is 7.44. The summed E-state index contributed by atoms with van der Waals surface area (Å²) in [5, 5.41) is 0.141. The molecule has 0 radical (unpaired) electrons. The van der Waals surface area contributed by atoms with Crippen molar-refractivity contribution in [2.75, 3.05) is 0 Å². The van der Waals surface area contributed by atoms with Gasteiger partial charge in [-0.25, -0.2) is 26.3 Å². The lowest BCUT2D eigenvalue weighted by molar-refractivity contribution is 0.512. The van der Waals surface area contributed by atoms with Gasteiger partial charge in [0.25, 0.3) is 0 Å². The van der Waals surface area contributed by atoms with Crippen molar-refractivity contribution in [1.29, 1.82) is 0 Å². The number of rotatable bonds is 0. The fourth-order valence-corrected chi connectivity index (χ4v) is 2.54. The molecule has 0 bridgehead atoms. The van der Waals surface area contributed by atoms with Crippen LogP contribution < -0.4 is 0 Å². The van der Waals surface area contributed by atoms with Gasteiger partial charge < -0.3 is 0 Å². The SMILES string of the molecule is Fc1cc(F)c2cccc(F)c2c1.Fc1ccc2cccc(F)c2c1F. The van der Waals surface area contributed by atoms with E-state index in [9.17, 15) is 26.3 Å². The third-order valence-electron chi connectivity index (χ3n) is 3.74. The summed E-state index contributed by atoms with van der Waals surface area (Å²) >= 11 is 0. The molecular formula is C20H10F6. The Labute approximate surface area is 144 Å². The predicted molar refractivity (Wildman–Crippen MR) is 87.6 cm³/mol. The van der Waals surface area contributed by atoms with E-state index in [0.29, 0.717) is 5.39 Å². The Balaban J connectivity index is 0.000000151. The van der Waals surface area contributed by atoms with Gasteiger partial charge in [0.1, 0.15) is 23.3 Å². The zero-order valence-corrected chi connectivity index (χ0v) is 13.0. The molecule has 0 N–H and O–H groups in total. The fraction of sp³-hybridized carbons (Fsp3) is 0. The Hall–Kier alpha value is -3.02. The van der Waals surface area contributed by atoms with Crippen molar-refractivity contribution in [2.45, 2.75) is 0 Å². The largest absolute Gasteiger partial charge is 0.207 e. The van der Waals surface area contributed by atoms with Crippen LogP contribution in [0.2, 0.25) is 0 Å². The van der Waals surface area contributed by atoms with Gasteiger partial charge in [0.05, 0.1) is 5.39 Å². The first-order valence-electron chi connectivity index (χ1n) is 7.44. The third-order valence-corrected chi connectivity index (χ3v) is 3.74. The summed E-state index contributed by atoms with van der Waals surface area (Å²) in [7, 11) is 0. The molecule has 0 heterocycles. The monoisotopic (exact) mass is 364 g/mol. The molecule has 0 aromatic heterocycles. The maximum Gasteiger partial charge on any atom is 0.169 e. The van der Waals surface area contributed by atoms with Crippen molar-refractivity contribution in [3.8, 4) is 0 Å². The molecule has 4 aromatic rings. The molecule has 6 heteroatoms. The molecule has 0 nitrogen and oxygen atoms in total. The molecular weight excluding hydrogens is 354 g/mol. The van der Waals surface area contributed by atoms with E-state index in [1.54, 1.807) is 0 Å². The topological polar surface area (TPSA) is 0 Å². The predicted octanol–water partition coefficient (Wildman–Crippen LogP) is 6.51. The van der Waals surface area contributed by atoms with Gasteiger partial charge in [-0.05, 0) is 29.7 Å². The van der Waals surface area contributed by atoms with E-state index >= 15 is 0 Å². The van der Waals surface area contributed by atoms with Gasteiger partial charge in [0.15, 0.2) is 11.6 Å². The molecule has 0 amide bonds. The van der Waals surface area contributed by atoms with Crippen LogP contribution in [-0.4, -0.2) is 0 Å². The summed E-state index contributed by atoms with van der Waals surface area (Å²) < 4.78 is 77.5. The minimum atomic E-state index is -1.13. The first-order chi connectivity index (χ1) is 12.4. The van der Waals surface area contributed by atoms with Crippen LogP contribution in [-0.2, 0) is 0 Å². The maximum absolute atomic E-state index is 13.0. The standard InChI is InChI=1S/2C10H5F3/c11-6-4-8-7(10(13)5-6)2-1-3-9(8)12;11-7-3-1-2-6-4-5-8(12)10(13)9(6)7/h2*1-5H. The highest BCUT2D eigenvalue weighted by Gasteiger charge is 2.10. The van der Waals surface area contributed by atoms with Crippen molar-refractivity contribution in [3.63, 3.8) is 0 Å². The number of hydrogen-bond acceptors (Lipinski definition) is 0. The van der Waals surface area contributed by atoms with Crippen molar-refractivity contribution in [1.82, 2.24) is 0 Å². The molecule has 0 aliphatic heterocycles. The van der Waals surface area contributed by atoms with E-state index in [2.05, 4.69) is 0 Å². The van der Waals surface area contributed by atoms with E-state index < -0.39 is 34.9 Å². The number of hydrogen-bond donors (Lipinski definition) is 0. The Bertz CT molecular complexity index is 1100. The molecule has 0 aliphatic carbocycles. The lowest BCUT2D eigenvalue weighted by Crippen LogP contribution is -1.88. The van der Waals surface area contributed by atoms with E-state index in [-0.39, 0.29) is 16.2 Å². The first kappa shape index (κ1) is 17.8. The quantitative estimate of drug-likeness (QED) is 0.312. The Morgan fingerprint density at radius 1 is 0.500 bits per heavy atom. The normalized spacial score (nSPS) is 10.7. The van der Waals surface area contributed by atoms with E-state index in [4.69, 9.17) is 0 Å². The summed E-state index contributed by atoms with van der Waals surface area (Å²) in [5.74, 6) is -5.02. The molecule has 0 aliphatic rings. The van der Waals surface area contributed by atoms with Gasteiger partial charge in [0.2, 0.25) is 0 Å². The van der Waals surface area contributed by atoms with Crippen LogP contribution in [0.3, 0.4) is 0 Å². The molecule has 4 aromatic carbocycles. The highest BCUT2D eigenvalue weighted by atomic mass is 19.2. The summed E-state index contributed by atoms with van der Waals surface area (Å²) in [6.45, 7) is 0. The van der Waals surface area contributed by atoms with Crippen LogP contribution in [0, 0.1) is 34.9 Å². The van der Waals surface area contributed by atoms with Gasteiger partial charge >= 0.3 is 0 Å². The Kier molecular flexibility index (Phi) is 4.84.